The van der Waals surface area contributed by atoms with Gasteiger partial charge in [0.2, 0.25) is 12.2 Å². The van der Waals surface area contributed by atoms with E-state index in [9.17, 15) is 9.59 Å². The van der Waals surface area contributed by atoms with Crippen LogP contribution in [0.4, 0.5) is 0 Å². The smallest absolute Gasteiger partial charge is 0.211 e. The van der Waals surface area contributed by atoms with Gasteiger partial charge in [-0.2, -0.15) is 0 Å². The van der Waals surface area contributed by atoms with E-state index >= 15 is 0 Å². The van der Waals surface area contributed by atoms with Crippen LogP contribution in [-0.4, -0.2) is 25.2 Å². The van der Waals surface area contributed by atoms with Gasteiger partial charge in [-0.3, -0.25) is 0 Å². The van der Waals surface area contributed by atoms with Crippen LogP contribution in [0.3, 0.4) is 0 Å². The molecule has 4 nitrogen and oxygen atoms in total. The lowest BCUT2D eigenvalue weighted by atomic mass is 9.84. The minimum absolute atomic E-state index is 0.125. The summed E-state index contributed by atoms with van der Waals surface area (Å²) in [5.41, 5.74) is 0.605. The van der Waals surface area contributed by atoms with Crippen molar-refractivity contribution in [3.8, 4) is 0 Å². The van der Waals surface area contributed by atoms with Gasteiger partial charge < -0.3 is 0 Å². The molecule has 4 heteroatoms. The highest BCUT2D eigenvalue weighted by Gasteiger charge is 2.67. The fourth-order valence-corrected chi connectivity index (χ4v) is 3.69. The van der Waals surface area contributed by atoms with Crippen molar-refractivity contribution in [1.29, 1.82) is 0 Å². The topological polar surface area (TPSA) is 58.9 Å². The van der Waals surface area contributed by atoms with Gasteiger partial charge in [0.25, 0.3) is 0 Å². The van der Waals surface area contributed by atoms with Gasteiger partial charge in [0, 0.05) is 0 Å². The molecule has 2 aliphatic rings. The van der Waals surface area contributed by atoms with E-state index in [-0.39, 0.29) is 10.8 Å². The predicted octanol–water partition coefficient (Wildman–Crippen LogP) is 2.24. The van der Waals surface area contributed by atoms with Crippen molar-refractivity contribution in [3.05, 3.63) is 0 Å². The number of hydrogen-bond donors (Lipinski definition) is 0. The quantitative estimate of drug-likeness (QED) is 0.553. The van der Waals surface area contributed by atoms with Crippen molar-refractivity contribution in [1.82, 2.24) is 0 Å². The third kappa shape index (κ3) is 1.99. The van der Waals surface area contributed by atoms with E-state index in [1.165, 1.54) is 0 Å². The van der Waals surface area contributed by atoms with Crippen LogP contribution in [0.25, 0.3) is 0 Å². The predicted molar refractivity (Wildman–Crippen MR) is 63.1 cm³/mol. The van der Waals surface area contributed by atoms with Crippen LogP contribution < -0.4 is 0 Å². The summed E-state index contributed by atoms with van der Waals surface area (Å²) in [4.78, 5) is 27.9. The Morgan fingerprint density at radius 2 is 1.65 bits per heavy atom. The van der Waals surface area contributed by atoms with Gasteiger partial charge in [-0.15, -0.1) is 0 Å². The van der Waals surface area contributed by atoms with Crippen LogP contribution in [0.2, 0.25) is 0 Å². The zero-order valence-corrected chi connectivity index (χ0v) is 10.5. The van der Waals surface area contributed by atoms with Crippen molar-refractivity contribution in [2.24, 2.45) is 26.2 Å². The van der Waals surface area contributed by atoms with Crippen LogP contribution in [0.5, 0.6) is 0 Å². The summed E-state index contributed by atoms with van der Waals surface area (Å²) < 4.78 is 0. The van der Waals surface area contributed by atoms with Gasteiger partial charge >= 0.3 is 0 Å². The van der Waals surface area contributed by atoms with E-state index in [0.717, 1.165) is 25.7 Å². The van der Waals surface area contributed by atoms with Crippen molar-refractivity contribution >= 4 is 12.2 Å². The minimum Gasteiger partial charge on any atom is -0.211 e. The molecular formula is C13H18N2O2. The molecule has 3 atom stereocenters. The molecule has 3 unspecified atom stereocenters. The van der Waals surface area contributed by atoms with Crippen molar-refractivity contribution in [3.63, 3.8) is 0 Å². The molecule has 0 saturated heterocycles. The summed E-state index contributed by atoms with van der Waals surface area (Å²) in [7, 11) is 0. The Balaban J connectivity index is 2.03. The maximum atomic E-state index is 10.2. The van der Waals surface area contributed by atoms with Crippen molar-refractivity contribution in [2.75, 3.05) is 13.1 Å². The number of hydrogen-bond acceptors (Lipinski definition) is 4. The van der Waals surface area contributed by atoms with Gasteiger partial charge in [0.15, 0.2) is 0 Å². The zero-order chi connectivity index (χ0) is 12.6. The van der Waals surface area contributed by atoms with Crippen LogP contribution in [0.1, 0.15) is 39.5 Å². The molecule has 0 radical (unpaired) electrons. The van der Waals surface area contributed by atoms with Crippen molar-refractivity contribution in [2.45, 2.75) is 39.5 Å². The second kappa shape index (κ2) is 3.90. The Labute approximate surface area is 101 Å². The molecule has 1 spiro atoms. The average molecular weight is 234 g/mol. The lowest BCUT2D eigenvalue weighted by Gasteiger charge is -2.22. The molecule has 92 valence electrons. The minimum atomic E-state index is 0.125. The van der Waals surface area contributed by atoms with Gasteiger partial charge in [0.1, 0.15) is 0 Å². The first-order valence-electron chi connectivity index (χ1n) is 6.07. The van der Waals surface area contributed by atoms with E-state index in [0.29, 0.717) is 18.5 Å². The maximum absolute atomic E-state index is 10.2. The van der Waals surface area contributed by atoms with Crippen LogP contribution in [-0.2, 0) is 9.59 Å². The summed E-state index contributed by atoms with van der Waals surface area (Å²) in [5, 5.41) is 0. The fraction of sp³-hybridized carbons (Fsp3) is 0.846. The van der Waals surface area contributed by atoms with Gasteiger partial charge in [-0.1, -0.05) is 13.8 Å². The van der Waals surface area contributed by atoms with Crippen molar-refractivity contribution < 1.29 is 9.59 Å². The van der Waals surface area contributed by atoms with Gasteiger partial charge in [-0.05, 0) is 41.9 Å². The van der Waals surface area contributed by atoms with E-state index in [4.69, 9.17) is 0 Å². The highest BCUT2D eigenvalue weighted by molar-refractivity contribution is 5.34. The normalized spacial score (nSPS) is 42.9. The summed E-state index contributed by atoms with van der Waals surface area (Å²) >= 11 is 0. The Morgan fingerprint density at radius 1 is 1.00 bits per heavy atom. The van der Waals surface area contributed by atoms with E-state index < -0.39 is 0 Å². The molecule has 0 heterocycles. The number of aliphatic imine (C=N–C) groups is 2. The number of isocyanates is 2. The van der Waals surface area contributed by atoms with E-state index in [1.54, 1.807) is 12.2 Å². The molecule has 0 aromatic rings. The van der Waals surface area contributed by atoms with E-state index in [2.05, 4.69) is 23.8 Å². The lowest BCUT2D eigenvalue weighted by Crippen LogP contribution is -2.18. The summed E-state index contributed by atoms with van der Waals surface area (Å²) in [6.45, 7) is 5.54. The Morgan fingerprint density at radius 3 is 2.29 bits per heavy atom. The maximum Gasteiger partial charge on any atom is 0.234 e. The first kappa shape index (κ1) is 12.2. The van der Waals surface area contributed by atoms with Gasteiger partial charge in [-0.25, -0.2) is 19.6 Å². The summed E-state index contributed by atoms with van der Waals surface area (Å²) in [6.07, 6.45) is 7.72. The third-order valence-corrected chi connectivity index (χ3v) is 4.87. The Kier molecular flexibility index (Phi) is 2.81. The summed E-state index contributed by atoms with van der Waals surface area (Å²) in [6, 6.07) is 0. The fourth-order valence-electron chi connectivity index (χ4n) is 3.69. The molecule has 2 fully saturated rings. The highest BCUT2D eigenvalue weighted by atomic mass is 16.1. The van der Waals surface area contributed by atoms with Gasteiger partial charge in [0.05, 0.1) is 13.1 Å². The molecule has 2 saturated carbocycles. The average Bonchev–Trinajstić information content (AvgIpc) is 2.69. The first-order chi connectivity index (χ1) is 7.99. The number of nitrogens with zero attached hydrogens (tertiary/aromatic N) is 2. The second-order valence-electron chi connectivity index (χ2n) is 6.32. The highest BCUT2D eigenvalue weighted by Crippen LogP contribution is 2.74. The van der Waals surface area contributed by atoms with Crippen LogP contribution in [0.15, 0.2) is 9.98 Å². The van der Waals surface area contributed by atoms with Crippen LogP contribution >= 0.6 is 0 Å². The molecule has 0 amide bonds. The monoisotopic (exact) mass is 234 g/mol. The molecule has 2 aliphatic carbocycles. The van der Waals surface area contributed by atoms with Crippen LogP contribution in [0, 0.1) is 16.2 Å². The zero-order valence-electron chi connectivity index (χ0n) is 10.5. The number of carbonyl (C=O) groups excluding carboxylic acids is 2. The van der Waals surface area contributed by atoms with E-state index in [1.807, 2.05) is 0 Å². The Bertz CT molecular complexity index is 399. The molecule has 0 aromatic heterocycles. The first-order valence-corrected chi connectivity index (χ1v) is 6.07. The third-order valence-electron chi connectivity index (χ3n) is 4.87. The largest absolute Gasteiger partial charge is 0.234 e. The molecule has 17 heavy (non-hydrogen) atoms. The molecule has 0 bridgehead atoms. The SMILES string of the molecule is CC1(CN=C=O)CCC2(C1)CC2(C)CN=C=O. The number of rotatable bonds is 4. The lowest BCUT2D eigenvalue weighted by molar-refractivity contribution is 0.295. The molecule has 0 aliphatic heterocycles. The summed E-state index contributed by atoms with van der Waals surface area (Å²) in [5.74, 6) is 0. The molecular weight excluding hydrogens is 216 g/mol. The molecule has 2 rings (SSSR count). The Hall–Kier alpha value is -1.24. The molecule has 0 N–H and O–H groups in total. The standard InChI is InChI=1S/C13H18N2O2/c1-11(7-14-9-16)3-4-13(5-11)6-12(13,2)8-15-10-17/h3-8H2,1-2H3. The molecule has 0 aromatic carbocycles. The second-order valence-corrected chi connectivity index (χ2v) is 6.32.